The summed E-state index contributed by atoms with van der Waals surface area (Å²) < 4.78 is 10.5. The van der Waals surface area contributed by atoms with Gasteiger partial charge >= 0.3 is 11.9 Å². The Labute approximate surface area is 139 Å². The van der Waals surface area contributed by atoms with Gasteiger partial charge in [0.25, 0.3) is 5.91 Å². The van der Waals surface area contributed by atoms with Gasteiger partial charge in [-0.15, -0.1) is 0 Å². The van der Waals surface area contributed by atoms with E-state index >= 15 is 0 Å². The molecule has 0 aromatic heterocycles. The molecule has 6 heteroatoms. The lowest BCUT2D eigenvalue weighted by Crippen LogP contribution is -2.34. The van der Waals surface area contributed by atoms with Crippen LogP contribution in [0.15, 0.2) is 24.3 Å². The Morgan fingerprint density at radius 2 is 2.00 bits per heavy atom. The summed E-state index contributed by atoms with van der Waals surface area (Å²) in [6.07, 6.45) is 1.57. The number of rotatable bonds is 4. The topological polar surface area (TPSA) is 81.7 Å². The number of aryl methyl sites for hydroxylation is 1. The van der Waals surface area contributed by atoms with Crippen molar-refractivity contribution < 1.29 is 23.9 Å². The average molecular weight is 329 g/mol. The molecule has 3 aliphatic rings. The summed E-state index contributed by atoms with van der Waals surface area (Å²) in [6, 6.07) is 7.36. The Morgan fingerprint density at radius 3 is 2.75 bits per heavy atom. The molecule has 6 nitrogen and oxygen atoms in total. The van der Waals surface area contributed by atoms with Crippen LogP contribution in [0.1, 0.15) is 18.4 Å². The van der Waals surface area contributed by atoms with E-state index in [4.69, 9.17) is 9.47 Å². The number of hydrogen-bond donors (Lipinski definition) is 1. The number of nitrogens with one attached hydrogen (secondary N) is 1. The molecule has 5 atom stereocenters. The molecule has 126 valence electrons. The standard InChI is InChI=1S/C18H19NO5/c1-9-2-4-11(5-3-9)19-14(20)8-23-17(21)15-10-6-12-13(7-10)24-18(22)16(12)15/h2-5,10,12-13,15-16H,6-8H2,1H3,(H,19,20)/t10-,12+,13-,15-,16+/m1/s1. The maximum atomic E-state index is 12.4. The Morgan fingerprint density at radius 1 is 1.25 bits per heavy atom. The molecular weight excluding hydrogens is 310 g/mol. The fourth-order valence-corrected chi connectivity index (χ4v) is 4.39. The third-order valence-corrected chi connectivity index (χ3v) is 5.44. The number of carbonyl (C=O) groups is 3. The van der Waals surface area contributed by atoms with Gasteiger partial charge in [-0.2, -0.15) is 0 Å². The Kier molecular flexibility index (Phi) is 3.55. The largest absolute Gasteiger partial charge is 0.462 e. The van der Waals surface area contributed by atoms with Crippen molar-refractivity contribution in [3.8, 4) is 0 Å². The summed E-state index contributed by atoms with van der Waals surface area (Å²) in [7, 11) is 0. The molecule has 1 aromatic rings. The SMILES string of the molecule is Cc1ccc(NC(=O)COC(=O)[C@@H]2[C@@H]3C[C@@H]4[C@@H]2C(=O)O[C@@H]4C3)cc1. The van der Waals surface area contributed by atoms with Crippen LogP contribution in [0.2, 0.25) is 0 Å². The van der Waals surface area contributed by atoms with Crippen LogP contribution in [0.4, 0.5) is 5.69 Å². The second kappa shape index (κ2) is 5.61. The number of anilines is 1. The van der Waals surface area contributed by atoms with E-state index in [0.29, 0.717) is 5.69 Å². The lowest BCUT2D eigenvalue weighted by Gasteiger charge is -2.22. The fraction of sp³-hybridized carbons (Fsp3) is 0.500. The normalized spacial score (nSPS) is 32.5. The van der Waals surface area contributed by atoms with E-state index in [1.165, 1.54) is 0 Å². The van der Waals surface area contributed by atoms with Crippen LogP contribution in [-0.2, 0) is 23.9 Å². The molecule has 1 heterocycles. The number of hydrogen-bond acceptors (Lipinski definition) is 5. The van der Waals surface area contributed by atoms with Crippen molar-refractivity contribution in [2.75, 3.05) is 11.9 Å². The van der Waals surface area contributed by atoms with Crippen LogP contribution >= 0.6 is 0 Å². The first-order valence-corrected chi connectivity index (χ1v) is 8.26. The molecule has 1 saturated heterocycles. The van der Waals surface area contributed by atoms with E-state index in [9.17, 15) is 14.4 Å². The van der Waals surface area contributed by atoms with Gasteiger partial charge in [0, 0.05) is 11.6 Å². The lowest BCUT2D eigenvalue weighted by atomic mass is 9.80. The summed E-state index contributed by atoms with van der Waals surface area (Å²) in [5.41, 5.74) is 1.75. The van der Waals surface area contributed by atoms with Gasteiger partial charge in [0.1, 0.15) is 6.10 Å². The van der Waals surface area contributed by atoms with Crippen molar-refractivity contribution in [1.82, 2.24) is 0 Å². The number of ether oxygens (including phenoxy) is 2. The van der Waals surface area contributed by atoms with Gasteiger partial charge in [0.05, 0.1) is 11.8 Å². The third kappa shape index (κ3) is 2.46. The first kappa shape index (κ1) is 15.2. The molecule has 2 saturated carbocycles. The first-order valence-electron chi connectivity index (χ1n) is 8.26. The van der Waals surface area contributed by atoms with Gasteiger partial charge in [-0.1, -0.05) is 17.7 Å². The van der Waals surface area contributed by atoms with Crippen molar-refractivity contribution in [2.24, 2.45) is 23.7 Å². The second-order valence-electron chi connectivity index (χ2n) is 6.94. The number of benzene rings is 1. The predicted molar refractivity (Wildman–Crippen MR) is 83.8 cm³/mol. The smallest absolute Gasteiger partial charge is 0.310 e. The zero-order valence-electron chi connectivity index (χ0n) is 13.4. The second-order valence-corrected chi connectivity index (χ2v) is 6.94. The van der Waals surface area contributed by atoms with Crippen molar-refractivity contribution in [3.63, 3.8) is 0 Å². The molecule has 24 heavy (non-hydrogen) atoms. The van der Waals surface area contributed by atoms with Gasteiger partial charge in [-0.05, 0) is 37.8 Å². The van der Waals surface area contributed by atoms with Crippen LogP contribution in [0, 0.1) is 30.6 Å². The predicted octanol–water partition coefficient (Wildman–Crippen LogP) is 1.67. The molecule has 0 spiro atoms. The van der Waals surface area contributed by atoms with E-state index in [1.54, 1.807) is 12.1 Å². The van der Waals surface area contributed by atoms with E-state index in [-0.39, 0.29) is 42.3 Å². The third-order valence-electron chi connectivity index (χ3n) is 5.44. The molecule has 2 aliphatic carbocycles. The van der Waals surface area contributed by atoms with Crippen molar-refractivity contribution >= 4 is 23.5 Å². The monoisotopic (exact) mass is 329 g/mol. The van der Waals surface area contributed by atoms with E-state index in [0.717, 1.165) is 18.4 Å². The highest BCUT2D eigenvalue weighted by atomic mass is 16.6. The summed E-state index contributed by atoms with van der Waals surface area (Å²) in [5, 5.41) is 2.68. The number of fused-ring (bicyclic) bond motifs is 1. The van der Waals surface area contributed by atoms with Crippen molar-refractivity contribution in [3.05, 3.63) is 29.8 Å². The number of amides is 1. The minimum Gasteiger partial charge on any atom is -0.462 e. The molecule has 1 amide bonds. The zero-order valence-corrected chi connectivity index (χ0v) is 13.4. The Balaban J connectivity index is 1.33. The summed E-state index contributed by atoms with van der Waals surface area (Å²) in [6.45, 7) is 1.62. The van der Waals surface area contributed by atoms with E-state index in [1.807, 2.05) is 19.1 Å². The molecule has 4 rings (SSSR count). The summed E-state index contributed by atoms with van der Waals surface area (Å²) >= 11 is 0. The molecule has 1 aliphatic heterocycles. The van der Waals surface area contributed by atoms with Crippen LogP contribution < -0.4 is 5.32 Å². The lowest BCUT2D eigenvalue weighted by molar-refractivity contribution is -0.157. The van der Waals surface area contributed by atoms with E-state index < -0.39 is 11.9 Å². The summed E-state index contributed by atoms with van der Waals surface area (Å²) in [4.78, 5) is 36.2. The zero-order chi connectivity index (χ0) is 16.8. The molecular formula is C18H19NO5. The maximum absolute atomic E-state index is 12.4. The Hall–Kier alpha value is -2.37. The number of carbonyl (C=O) groups excluding carboxylic acids is 3. The van der Waals surface area contributed by atoms with Crippen LogP contribution in [0.5, 0.6) is 0 Å². The molecule has 3 fully saturated rings. The van der Waals surface area contributed by atoms with Gasteiger partial charge in [0.2, 0.25) is 0 Å². The van der Waals surface area contributed by atoms with Gasteiger partial charge < -0.3 is 14.8 Å². The molecule has 0 unspecified atom stereocenters. The maximum Gasteiger partial charge on any atom is 0.310 e. The van der Waals surface area contributed by atoms with Gasteiger partial charge in [-0.25, -0.2) is 0 Å². The molecule has 2 bridgehead atoms. The summed E-state index contributed by atoms with van der Waals surface area (Å²) in [5.74, 6) is -1.65. The van der Waals surface area contributed by atoms with E-state index in [2.05, 4.69) is 5.32 Å². The minimum atomic E-state index is -0.455. The minimum absolute atomic E-state index is 0.0126. The highest BCUT2D eigenvalue weighted by Crippen LogP contribution is 2.57. The fourth-order valence-electron chi connectivity index (χ4n) is 4.39. The first-order chi connectivity index (χ1) is 11.5. The average Bonchev–Trinajstić information content (AvgIpc) is 3.16. The van der Waals surface area contributed by atoms with Gasteiger partial charge in [0.15, 0.2) is 6.61 Å². The Bertz CT molecular complexity index is 696. The van der Waals surface area contributed by atoms with Crippen LogP contribution in [0.3, 0.4) is 0 Å². The highest BCUT2D eigenvalue weighted by molar-refractivity contribution is 5.93. The molecule has 1 aromatic carbocycles. The quantitative estimate of drug-likeness (QED) is 0.850. The molecule has 0 radical (unpaired) electrons. The van der Waals surface area contributed by atoms with Crippen LogP contribution in [-0.4, -0.2) is 30.6 Å². The highest BCUT2D eigenvalue weighted by Gasteiger charge is 2.64. The van der Waals surface area contributed by atoms with Crippen molar-refractivity contribution in [2.45, 2.75) is 25.9 Å². The number of esters is 2. The van der Waals surface area contributed by atoms with Gasteiger partial charge in [-0.3, -0.25) is 14.4 Å². The van der Waals surface area contributed by atoms with Crippen LogP contribution in [0.25, 0.3) is 0 Å². The van der Waals surface area contributed by atoms with Crippen molar-refractivity contribution in [1.29, 1.82) is 0 Å². The molecule has 1 N–H and O–H groups in total.